The third-order valence-corrected chi connectivity index (χ3v) is 5.65. The van der Waals surface area contributed by atoms with Crippen molar-refractivity contribution in [3.63, 3.8) is 0 Å². The minimum absolute atomic E-state index is 0.0162. The van der Waals surface area contributed by atoms with Crippen molar-refractivity contribution in [2.24, 2.45) is 0 Å². The molecular weight excluding hydrogens is 260 g/mol. The number of hydrogen-bond donors (Lipinski definition) is 1. The van der Waals surface area contributed by atoms with Crippen molar-refractivity contribution >= 4 is 15.7 Å². The zero-order valence-electron chi connectivity index (χ0n) is 12.1. The molecule has 0 aliphatic rings. The molecule has 0 saturated carbocycles. The van der Waals surface area contributed by atoms with E-state index < -0.39 is 10.0 Å². The van der Waals surface area contributed by atoms with Crippen LogP contribution in [0.2, 0.25) is 0 Å². The van der Waals surface area contributed by atoms with E-state index in [-0.39, 0.29) is 12.1 Å². The summed E-state index contributed by atoms with van der Waals surface area (Å²) in [5.74, 6) is 0. The van der Waals surface area contributed by atoms with Crippen LogP contribution < -0.4 is 5.73 Å². The summed E-state index contributed by atoms with van der Waals surface area (Å²) in [7, 11) is -3.46. The van der Waals surface area contributed by atoms with Crippen molar-refractivity contribution in [3.8, 4) is 0 Å². The van der Waals surface area contributed by atoms with Crippen LogP contribution in [0.15, 0.2) is 29.2 Å². The zero-order valence-corrected chi connectivity index (χ0v) is 12.9. The predicted octanol–water partition coefficient (Wildman–Crippen LogP) is 2.86. The Morgan fingerprint density at radius 3 is 1.84 bits per heavy atom. The smallest absolute Gasteiger partial charge is 0.243 e. The van der Waals surface area contributed by atoms with Crippen molar-refractivity contribution in [1.29, 1.82) is 0 Å². The van der Waals surface area contributed by atoms with Gasteiger partial charge in [0.15, 0.2) is 0 Å². The molecule has 0 radical (unpaired) electrons. The Morgan fingerprint density at radius 1 is 1.05 bits per heavy atom. The molecule has 0 fully saturated rings. The monoisotopic (exact) mass is 284 g/mol. The fraction of sp³-hybridized carbons (Fsp3) is 0.571. The van der Waals surface area contributed by atoms with Gasteiger partial charge in [0, 0.05) is 17.8 Å². The van der Waals surface area contributed by atoms with Crippen LogP contribution in [0.4, 0.5) is 5.69 Å². The van der Waals surface area contributed by atoms with E-state index in [4.69, 9.17) is 5.73 Å². The fourth-order valence-electron chi connectivity index (χ4n) is 2.03. The van der Waals surface area contributed by atoms with Crippen molar-refractivity contribution in [2.75, 3.05) is 5.73 Å². The molecule has 19 heavy (non-hydrogen) atoms. The van der Waals surface area contributed by atoms with E-state index in [1.165, 1.54) is 0 Å². The fourth-order valence-corrected chi connectivity index (χ4v) is 4.00. The molecule has 108 valence electrons. The first-order valence-electron chi connectivity index (χ1n) is 6.73. The molecular formula is C14H24N2O2S. The molecule has 4 nitrogen and oxygen atoms in total. The maximum absolute atomic E-state index is 12.7. The lowest BCUT2D eigenvalue weighted by atomic mass is 10.2. The van der Waals surface area contributed by atoms with E-state index in [1.807, 2.05) is 27.7 Å². The SMILES string of the molecule is CCC(C)N(C(C)CC)S(=O)(=O)c1ccc(N)cc1. The summed E-state index contributed by atoms with van der Waals surface area (Å²) in [5, 5.41) is 0. The summed E-state index contributed by atoms with van der Waals surface area (Å²) in [4.78, 5) is 0.308. The van der Waals surface area contributed by atoms with Crippen LogP contribution in [0.5, 0.6) is 0 Å². The number of nitrogens with zero attached hydrogens (tertiary/aromatic N) is 1. The maximum atomic E-state index is 12.7. The number of anilines is 1. The average Bonchev–Trinajstić information content (AvgIpc) is 2.38. The highest BCUT2D eigenvalue weighted by molar-refractivity contribution is 7.89. The van der Waals surface area contributed by atoms with E-state index in [0.29, 0.717) is 10.6 Å². The summed E-state index contributed by atoms with van der Waals surface area (Å²) in [5.41, 5.74) is 6.18. The lowest BCUT2D eigenvalue weighted by Gasteiger charge is -2.32. The number of nitrogens with two attached hydrogens (primary N) is 1. The minimum Gasteiger partial charge on any atom is -0.399 e. The molecule has 1 rings (SSSR count). The van der Waals surface area contributed by atoms with Gasteiger partial charge in [-0.1, -0.05) is 13.8 Å². The summed E-state index contributed by atoms with van der Waals surface area (Å²) >= 11 is 0. The first-order chi connectivity index (χ1) is 8.84. The topological polar surface area (TPSA) is 63.4 Å². The van der Waals surface area contributed by atoms with Crippen LogP contribution in [0, 0.1) is 0 Å². The van der Waals surface area contributed by atoms with Crippen LogP contribution >= 0.6 is 0 Å². The number of benzene rings is 1. The molecule has 2 unspecified atom stereocenters. The second-order valence-electron chi connectivity index (χ2n) is 4.92. The minimum atomic E-state index is -3.46. The lowest BCUT2D eigenvalue weighted by Crippen LogP contribution is -2.44. The van der Waals surface area contributed by atoms with Gasteiger partial charge in [-0.05, 0) is 51.0 Å². The van der Waals surface area contributed by atoms with Gasteiger partial charge in [-0.15, -0.1) is 0 Å². The molecule has 0 aliphatic carbocycles. The van der Waals surface area contributed by atoms with Crippen molar-refractivity contribution in [3.05, 3.63) is 24.3 Å². The number of sulfonamides is 1. The molecule has 0 bridgehead atoms. The van der Waals surface area contributed by atoms with Crippen molar-refractivity contribution in [2.45, 2.75) is 57.5 Å². The molecule has 0 spiro atoms. The molecule has 0 heterocycles. The highest BCUT2D eigenvalue weighted by atomic mass is 32.2. The Morgan fingerprint density at radius 2 is 1.47 bits per heavy atom. The second-order valence-corrected chi connectivity index (χ2v) is 6.76. The Kier molecular flexibility index (Phi) is 5.38. The molecule has 2 N–H and O–H groups in total. The van der Waals surface area contributed by atoms with Crippen LogP contribution in [0.3, 0.4) is 0 Å². The second kappa shape index (κ2) is 6.39. The van der Waals surface area contributed by atoms with Gasteiger partial charge in [-0.2, -0.15) is 4.31 Å². The predicted molar refractivity (Wildman–Crippen MR) is 79.4 cm³/mol. The van der Waals surface area contributed by atoms with E-state index in [2.05, 4.69) is 0 Å². The van der Waals surface area contributed by atoms with Gasteiger partial charge in [-0.25, -0.2) is 8.42 Å². The van der Waals surface area contributed by atoms with E-state index in [1.54, 1.807) is 28.6 Å². The maximum Gasteiger partial charge on any atom is 0.243 e. The first kappa shape index (κ1) is 16.0. The van der Waals surface area contributed by atoms with E-state index in [0.717, 1.165) is 12.8 Å². The van der Waals surface area contributed by atoms with Gasteiger partial charge in [0.1, 0.15) is 0 Å². The standard InChI is InChI=1S/C14H24N2O2S/c1-5-11(3)16(12(4)6-2)19(17,18)14-9-7-13(15)8-10-14/h7-12H,5-6,15H2,1-4H3. The quantitative estimate of drug-likeness (QED) is 0.817. The Balaban J connectivity index is 3.23. The number of rotatable bonds is 6. The Labute approximate surface area is 116 Å². The van der Waals surface area contributed by atoms with Crippen molar-refractivity contribution < 1.29 is 8.42 Å². The molecule has 1 aromatic rings. The third kappa shape index (κ3) is 3.48. The van der Waals surface area contributed by atoms with E-state index in [9.17, 15) is 8.42 Å². The molecule has 0 aromatic heterocycles. The molecule has 0 amide bonds. The molecule has 0 saturated heterocycles. The van der Waals surface area contributed by atoms with Gasteiger partial charge in [0.05, 0.1) is 4.90 Å². The summed E-state index contributed by atoms with van der Waals surface area (Å²) in [6.45, 7) is 7.89. The largest absolute Gasteiger partial charge is 0.399 e. The first-order valence-corrected chi connectivity index (χ1v) is 8.17. The van der Waals surface area contributed by atoms with Gasteiger partial charge in [0.25, 0.3) is 0 Å². The molecule has 5 heteroatoms. The number of hydrogen-bond acceptors (Lipinski definition) is 3. The normalized spacial score (nSPS) is 15.4. The lowest BCUT2D eigenvalue weighted by molar-refractivity contribution is 0.262. The average molecular weight is 284 g/mol. The number of nitrogen functional groups attached to an aromatic ring is 1. The van der Waals surface area contributed by atoms with Crippen LogP contribution in [0.25, 0.3) is 0 Å². The molecule has 0 aliphatic heterocycles. The van der Waals surface area contributed by atoms with Gasteiger partial charge < -0.3 is 5.73 Å². The highest BCUT2D eigenvalue weighted by Crippen LogP contribution is 2.24. The third-order valence-electron chi connectivity index (χ3n) is 3.51. The highest BCUT2D eigenvalue weighted by Gasteiger charge is 2.31. The van der Waals surface area contributed by atoms with Crippen molar-refractivity contribution in [1.82, 2.24) is 4.31 Å². The van der Waals surface area contributed by atoms with Gasteiger partial charge in [0.2, 0.25) is 10.0 Å². The van der Waals surface area contributed by atoms with Gasteiger partial charge >= 0.3 is 0 Å². The summed E-state index contributed by atoms with van der Waals surface area (Å²) in [6, 6.07) is 6.36. The molecule has 1 aromatic carbocycles. The van der Waals surface area contributed by atoms with Gasteiger partial charge in [-0.3, -0.25) is 0 Å². The van der Waals surface area contributed by atoms with Crippen LogP contribution in [0.1, 0.15) is 40.5 Å². The Bertz CT molecular complexity index is 487. The molecule has 2 atom stereocenters. The summed E-state index contributed by atoms with van der Waals surface area (Å²) in [6.07, 6.45) is 1.58. The van der Waals surface area contributed by atoms with E-state index >= 15 is 0 Å². The zero-order chi connectivity index (χ0) is 14.6. The Hall–Kier alpha value is -1.07. The summed E-state index contributed by atoms with van der Waals surface area (Å²) < 4.78 is 27.1. The van der Waals surface area contributed by atoms with Crippen LogP contribution in [-0.4, -0.2) is 24.8 Å². The van der Waals surface area contributed by atoms with Crippen LogP contribution in [-0.2, 0) is 10.0 Å².